The van der Waals surface area contributed by atoms with E-state index in [1.807, 2.05) is 19.1 Å². The second-order valence-corrected chi connectivity index (χ2v) is 9.19. The van der Waals surface area contributed by atoms with E-state index in [0.717, 1.165) is 24.8 Å². The maximum Gasteiger partial charge on any atom is 0.190 e. The molecule has 4 aliphatic rings. The van der Waals surface area contributed by atoms with Gasteiger partial charge in [-0.25, -0.2) is 4.39 Å². The Morgan fingerprint density at radius 3 is 2.73 bits per heavy atom. The number of Topliss-reactive ketones (excluding diaryl/α,β-unsaturated/α-hetero) is 1. The van der Waals surface area contributed by atoms with Crippen LogP contribution in [0.5, 0.6) is 0 Å². The van der Waals surface area contributed by atoms with Gasteiger partial charge in [0.1, 0.15) is 0 Å². The molecule has 4 heteroatoms. The topological polar surface area (TPSA) is 54.4 Å². The zero-order chi connectivity index (χ0) is 18.9. The molecule has 6 atom stereocenters. The standard InChI is InChI=1S/C22H27FO3/c1-20-11-19(26)22(3)16(15(20)6-7-17(20)18(25)12-23)5-4-13-10-14(24)8-9-21(13,22)2/h7-10,15-16,19,26H,4-6,11-12H2,1-3H3/t15-,16-,19-,20-,21-,22+/m0/s1. The number of allylic oxidation sites excluding steroid dienone is 6. The molecule has 4 aliphatic carbocycles. The lowest BCUT2D eigenvalue weighted by Crippen LogP contribution is -2.62. The number of aliphatic hydroxyl groups is 1. The molecule has 0 aliphatic heterocycles. The van der Waals surface area contributed by atoms with Crippen molar-refractivity contribution in [3.05, 3.63) is 35.5 Å². The normalized spacial score (nSPS) is 46.8. The van der Waals surface area contributed by atoms with Crippen LogP contribution in [0.2, 0.25) is 0 Å². The van der Waals surface area contributed by atoms with Crippen LogP contribution < -0.4 is 0 Å². The summed E-state index contributed by atoms with van der Waals surface area (Å²) in [4.78, 5) is 24.0. The predicted molar refractivity (Wildman–Crippen MR) is 97.1 cm³/mol. The zero-order valence-corrected chi connectivity index (χ0v) is 15.7. The first-order valence-electron chi connectivity index (χ1n) is 9.60. The lowest BCUT2D eigenvalue weighted by molar-refractivity contribution is -0.165. The maximum absolute atomic E-state index is 13.1. The predicted octanol–water partition coefficient (Wildman–Crippen LogP) is 3.73. The Balaban J connectivity index is 1.79. The summed E-state index contributed by atoms with van der Waals surface area (Å²) < 4.78 is 13.1. The molecule has 0 heterocycles. The molecule has 0 amide bonds. The van der Waals surface area contributed by atoms with E-state index in [1.54, 1.807) is 12.2 Å². The number of carbonyl (C=O) groups is 2. The van der Waals surface area contributed by atoms with E-state index in [9.17, 15) is 19.1 Å². The third-order valence-electron chi connectivity index (χ3n) is 8.41. The summed E-state index contributed by atoms with van der Waals surface area (Å²) in [6.45, 7) is 5.34. The van der Waals surface area contributed by atoms with Gasteiger partial charge < -0.3 is 5.11 Å². The van der Waals surface area contributed by atoms with Crippen LogP contribution in [0.4, 0.5) is 4.39 Å². The van der Waals surface area contributed by atoms with Crippen LogP contribution in [0, 0.1) is 28.1 Å². The molecule has 0 bridgehead atoms. The fourth-order valence-corrected chi connectivity index (χ4v) is 6.72. The first kappa shape index (κ1) is 17.8. The molecule has 0 saturated heterocycles. The number of aliphatic hydroxyl groups excluding tert-OH is 1. The highest BCUT2D eigenvalue weighted by Gasteiger charge is 2.66. The summed E-state index contributed by atoms with van der Waals surface area (Å²) in [6.07, 6.45) is 9.61. The highest BCUT2D eigenvalue weighted by Crippen LogP contribution is 2.70. The zero-order valence-electron chi connectivity index (χ0n) is 15.7. The molecule has 2 fully saturated rings. The quantitative estimate of drug-likeness (QED) is 0.818. The highest BCUT2D eigenvalue weighted by molar-refractivity contribution is 6.01. The SMILES string of the molecule is C[C@]12[C@@H](O)C[C@]3(C)C(C(=O)CF)=CC[C@H]3[C@@H]1CCC1=CC(=O)C=C[C@@]12C. The number of rotatable bonds is 2. The van der Waals surface area contributed by atoms with Crippen molar-refractivity contribution >= 4 is 11.6 Å². The maximum atomic E-state index is 13.1. The van der Waals surface area contributed by atoms with Crippen molar-refractivity contribution in [3.63, 3.8) is 0 Å². The van der Waals surface area contributed by atoms with Crippen molar-refractivity contribution in [1.29, 1.82) is 0 Å². The Morgan fingerprint density at radius 2 is 2.04 bits per heavy atom. The Bertz CT molecular complexity index is 778. The Morgan fingerprint density at radius 1 is 1.31 bits per heavy atom. The molecule has 0 aromatic carbocycles. The van der Waals surface area contributed by atoms with Crippen molar-refractivity contribution in [2.75, 3.05) is 6.67 Å². The third-order valence-corrected chi connectivity index (χ3v) is 8.41. The van der Waals surface area contributed by atoms with Crippen molar-refractivity contribution in [2.45, 2.75) is 52.6 Å². The van der Waals surface area contributed by atoms with Crippen LogP contribution >= 0.6 is 0 Å². The number of carbonyl (C=O) groups excluding carboxylic acids is 2. The minimum Gasteiger partial charge on any atom is -0.392 e. The minimum atomic E-state index is -0.971. The van der Waals surface area contributed by atoms with E-state index >= 15 is 0 Å². The van der Waals surface area contributed by atoms with Gasteiger partial charge in [0.05, 0.1) is 6.10 Å². The van der Waals surface area contributed by atoms with Gasteiger partial charge in [-0.2, -0.15) is 0 Å². The van der Waals surface area contributed by atoms with Gasteiger partial charge in [-0.1, -0.05) is 38.5 Å². The first-order valence-corrected chi connectivity index (χ1v) is 9.60. The van der Waals surface area contributed by atoms with Crippen LogP contribution in [0.25, 0.3) is 0 Å². The van der Waals surface area contributed by atoms with E-state index in [1.165, 1.54) is 0 Å². The van der Waals surface area contributed by atoms with E-state index < -0.39 is 29.4 Å². The van der Waals surface area contributed by atoms with Crippen molar-refractivity contribution in [1.82, 2.24) is 0 Å². The van der Waals surface area contributed by atoms with Crippen LogP contribution in [0.3, 0.4) is 0 Å². The Kier molecular flexibility index (Phi) is 3.76. The molecular weight excluding hydrogens is 331 g/mol. The van der Waals surface area contributed by atoms with Crippen LogP contribution in [-0.2, 0) is 9.59 Å². The van der Waals surface area contributed by atoms with Gasteiger partial charge in [0.25, 0.3) is 0 Å². The van der Waals surface area contributed by atoms with Crippen LogP contribution in [-0.4, -0.2) is 29.5 Å². The molecule has 0 aromatic rings. The number of halogens is 1. The van der Waals surface area contributed by atoms with Crippen molar-refractivity contribution < 1.29 is 19.1 Å². The fraction of sp³-hybridized carbons (Fsp3) is 0.636. The molecule has 0 aromatic heterocycles. The van der Waals surface area contributed by atoms with Gasteiger partial charge >= 0.3 is 0 Å². The van der Waals surface area contributed by atoms with Gasteiger partial charge in [-0.3, -0.25) is 9.59 Å². The van der Waals surface area contributed by atoms with Gasteiger partial charge in [0.15, 0.2) is 18.2 Å². The molecule has 4 rings (SSSR count). The number of ketones is 2. The van der Waals surface area contributed by atoms with Gasteiger partial charge in [0.2, 0.25) is 0 Å². The van der Waals surface area contributed by atoms with Crippen molar-refractivity contribution in [3.8, 4) is 0 Å². The van der Waals surface area contributed by atoms with Crippen LogP contribution in [0.15, 0.2) is 35.5 Å². The summed E-state index contributed by atoms with van der Waals surface area (Å²) >= 11 is 0. The van der Waals surface area contributed by atoms with E-state index in [0.29, 0.717) is 12.0 Å². The molecule has 140 valence electrons. The van der Waals surface area contributed by atoms with Crippen LogP contribution in [0.1, 0.15) is 46.5 Å². The molecule has 0 spiro atoms. The molecule has 2 saturated carbocycles. The largest absolute Gasteiger partial charge is 0.392 e. The number of fused-ring (bicyclic) bond motifs is 5. The molecule has 26 heavy (non-hydrogen) atoms. The van der Waals surface area contributed by atoms with E-state index in [-0.39, 0.29) is 23.0 Å². The molecule has 0 unspecified atom stereocenters. The fourth-order valence-electron chi connectivity index (χ4n) is 6.72. The first-order chi connectivity index (χ1) is 12.2. The Hall–Kier alpha value is -1.55. The average molecular weight is 358 g/mol. The minimum absolute atomic E-state index is 0.0213. The second-order valence-electron chi connectivity index (χ2n) is 9.19. The van der Waals surface area contributed by atoms with E-state index in [4.69, 9.17) is 0 Å². The Labute approximate surface area is 154 Å². The average Bonchev–Trinajstić information content (AvgIpc) is 2.93. The van der Waals surface area contributed by atoms with E-state index in [2.05, 4.69) is 13.8 Å². The molecule has 0 radical (unpaired) electrons. The number of hydrogen-bond donors (Lipinski definition) is 1. The second kappa shape index (κ2) is 5.48. The molecule has 1 N–H and O–H groups in total. The molecule has 3 nitrogen and oxygen atoms in total. The number of alkyl halides is 1. The lowest BCUT2D eigenvalue weighted by atomic mass is 9.40. The van der Waals surface area contributed by atoms with Crippen molar-refractivity contribution in [2.24, 2.45) is 28.1 Å². The summed E-state index contributed by atoms with van der Waals surface area (Å²) in [5.74, 6) is 0.0350. The highest BCUT2D eigenvalue weighted by atomic mass is 19.1. The van der Waals surface area contributed by atoms with Gasteiger partial charge in [-0.05, 0) is 49.7 Å². The third kappa shape index (κ3) is 1.97. The smallest absolute Gasteiger partial charge is 0.190 e. The molecular formula is C22H27FO3. The summed E-state index contributed by atoms with van der Waals surface area (Å²) in [7, 11) is 0. The lowest BCUT2D eigenvalue weighted by Gasteiger charge is -2.64. The monoisotopic (exact) mass is 358 g/mol. The summed E-state index contributed by atoms with van der Waals surface area (Å²) in [5, 5.41) is 11.3. The van der Waals surface area contributed by atoms with Gasteiger partial charge in [0, 0.05) is 21.8 Å². The van der Waals surface area contributed by atoms with Gasteiger partial charge in [-0.15, -0.1) is 0 Å². The summed E-state index contributed by atoms with van der Waals surface area (Å²) in [5.41, 5.74) is 0.459. The summed E-state index contributed by atoms with van der Waals surface area (Å²) in [6, 6.07) is 0. The number of hydrogen-bond acceptors (Lipinski definition) is 3.